The van der Waals surface area contributed by atoms with Gasteiger partial charge < -0.3 is 5.11 Å². The third kappa shape index (κ3) is 2.75. The second-order valence-electron chi connectivity index (χ2n) is 7.36. The van der Waals surface area contributed by atoms with Gasteiger partial charge in [0.2, 0.25) is 0 Å². The molecule has 2 saturated heterocycles. The van der Waals surface area contributed by atoms with Gasteiger partial charge in [0.25, 0.3) is 0 Å². The van der Waals surface area contributed by atoms with Crippen LogP contribution in [0.1, 0.15) is 20.3 Å². The smallest absolute Gasteiger partial charge is 0.0651 e. The maximum absolute atomic E-state index is 11.1. The molecule has 0 aromatic heterocycles. The average Bonchev–Trinajstić information content (AvgIpc) is 2.47. The lowest BCUT2D eigenvalue weighted by Gasteiger charge is -2.58. The van der Waals surface area contributed by atoms with E-state index in [1.54, 1.807) is 0 Å². The van der Waals surface area contributed by atoms with E-state index in [9.17, 15) is 5.11 Å². The van der Waals surface area contributed by atoms with Crippen molar-refractivity contribution in [1.82, 2.24) is 19.6 Å². The van der Waals surface area contributed by atoms with Gasteiger partial charge in [-0.2, -0.15) is 0 Å². The van der Waals surface area contributed by atoms with Crippen LogP contribution in [0.4, 0.5) is 0 Å². The summed E-state index contributed by atoms with van der Waals surface area (Å²) in [4.78, 5) is 9.89. The molecule has 122 valence electrons. The van der Waals surface area contributed by atoms with E-state index in [-0.39, 0.29) is 6.10 Å². The second kappa shape index (κ2) is 6.13. The molecule has 1 saturated carbocycles. The van der Waals surface area contributed by atoms with Crippen LogP contribution in [-0.2, 0) is 0 Å². The summed E-state index contributed by atoms with van der Waals surface area (Å²) in [6, 6.07) is 1.11. The zero-order valence-corrected chi connectivity index (χ0v) is 14.1. The minimum absolute atomic E-state index is 0.164. The Labute approximate surface area is 129 Å². The predicted octanol–water partition coefficient (Wildman–Crippen LogP) is 0.170. The number of hydrogen-bond donors (Lipinski definition) is 1. The lowest BCUT2D eigenvalue weighted by molar-refractivity contribution is -0.144. The van der Waals surface area contributed by atoms with Gasteiger partial charge in [0.05, 0.1) is 19.4 Å². The Bertz CT molecular complexity index is 334. The average molecular weight is 296 g/mol. The largest absolute Gasteiger partial charge is 0.392 e. The molecule has 0 radical (unpaired) electrons. The maximum atomic E-state index is 11.1. The van der Waals surface area contributed by atoms with Crippen LogP contribution in [0.5, 0.6) is 0 Å². The van der Waals surface area contributed by atoms with Crippen molar-refractivity contribution < 1.29 is 5.11 Å². The molecule has 3 aliphatic rings. The Morgan fingerprint density at radius 3 is 1.67 bits per heavy atom. The first-order valence-corrected chi connectivity index (χ1v) is 8.58. The van der Waals surface area contributed by atoms with Gasteiger partial charge in [-0.15, -0.1) is 0 Å². The van der Waals surface area contributed by atoms with E-state index < -0.39 is 0 Å². The summed E-state index contributed by atoms with van der Waals surface area (Å²) in [5.41, 5.74) is 0. The van der Waals surface area contributed by atoms with Crippen LogP contribution in [0.15, 0.2) is 0 Å². The quantitative estimate of drug-likeness (QED) is 0.786. The SMILES string of the molecule is CCN1CN(C)CC2C(O)C3CN(C)CN(CC)C3CC21. The lowest BCUT2D eigenvalue weighted by atomic mass is 9.69. The minimum Gasteiger partial charge on any atom is -0.392 e. The monoisotopic (exact) mass is 296 g/mol. The molecule has 2 heterocycles. The van der Waals surface area contributed by atoms with E-state index >= 15 is 0 Å². The van der Waals surface area contributed by atoms with Gasteiger partial charge >= 0.3 is 0 Å². The van der Waals surface area contributed by atoms with Crippen LogP contribution in [0, 0.1) is 11.8 Å². The Hall–Kier alpha value is -0.200. The molecule has 1 N–H and O–H groups in total. The van der Waals surface area contributed by atoms with E-state index in [2.05, 4.69) is 47.5 Å². The first-order chi connectivity index (χ1) is 10.0. The van der Waals surface area contributed by atoms with Crippen molar-refractivity contribution in [2.24, 2.45) is 11.8 Å². The van der Waals surface area contributed by atoms with Gasteiger partial charge in [0.15, 0.2) is 0 Å². The second-order valence-corrected chi connectivity index (χ2v) is 7.36. The molecule has 0 aromatic carbocycles. The molecule has 5 heteroatoms. The fraction of sp³-hybridized carbons (Fsp3) is 1.00. The highest BCUT2D eigenvalue weighted by Crippen LogP contribution is 2.40. The van der Waals surface area contributed by atoms with Crippen LogP contribution >= 0.6 is 0 Å². The first kappa shape index (κ1) is 15.7. The predicted molar refractivity (Wildman–Crippen MR) is 84.9 cm³/mol. The number of fused-ring (bicyclic) bond motifs is 2. The van der Waals surface area contributed by atoms with Crippen LogP contribution in [0.25, 0.3) is 0 Å². The Balaban J connectivity index is 1.84. The summed E-state index contributed by atoms with van der Waals surface area (Å²) >= 11 is 0. The van der Waals surface area contributed by atoms with Gasteiger partial charge in [0, 0.05) is 37.0 Å². The van der Waals surface area contributed by atoms with Gasteiger partial charge in [-0.1, -0.05) is 13.8 Å². The van der Waals surface area contributed by atoms with Crippen molar-refractivity contribution in [2.75, 3.05) is 53.6 Å². The molecule has 5 nitrogen and oxygen atoms in total. The topological polar surface area (TPSA) is 33.2 Å². The standard InChI is InChI=1S/C16H32N4O/c1-5-19-10-17(3)8-12-14(19)7-15-13(16(12)21)9-18(4)11-20(15)6-2/h12-16,21H,5-11H2,1-4H3. The molecule has 0 aromatic rings. The highest BCUT2D eigenvalue weighted by Gasteiger charge is 2.50. The fourth-order valence-corrected chi connectivity index (χ4v) is 5.00. The summed E-state index contributed by atoms with van der Waals surface area (Å²) in [5.74, 6) is 0.824. The maximum Gasteiger partial charge on any atom is 0.0651 e. The molecule has 0 amide bonds. The molecule has 4 atom stereocenters. The molecule has 4 unspecified atom stereocenters. The van der Waals surface area contributed by atoms with Gasteiger partial charge in [-0.25, -0.2) is 0 Å². The molecule has 3 rings (SSSR count). The van der Waals surface area contributed by atoms with Crippen molar-refractivity contribution in [1.29, 1.82) is 0 Å². The van der Waals surface area contributed by atoms with Crippen LogP contribution in [0.2, 0.25) is 0 Å². The summed E-state index contributed by atoms with van der Waals surface area (Å²) in [5, 5.41) is 11.1. The Morgan fingerprint density at radius 2 is 1.29 bits per heavy atom. The van der Waals surface area contributed by atoms with Crippen molar-refractivity contribution in [2.45, 2.75) is 38.5 Å². The van der Waals surface area contributed by atoms with Crippen LogP contribution in [0.3, 0.4) is 0 Å². The van der Waals surface area contributed by atoms with Crippen LogP contribution < -0.4 is 0 Å². The molecule has 0 spiro atoms. The number of aliphatic hydroxyl groups is 1. The van der Waals surface area contributed by atoms with E-state index in [0.717, 1.165) is 39.5 Å². The van der Waals surface area contributed by atoms with E-state index in [1.165, 1.54) is 6.42 Å². The van der Waals surface area contributed by atoms with Gasteiger partial charge in [0.1, 0.15) is 0 Å². The fourth-order valence-electron chi connectivity index (χ4n) is 5.00. The summed E-state index contributed by atoms with van der Waals surface area (Å²) in [7, 11) is 4.37. The van der Waals surface area contributed by atoms with Crippen molar-refractivity contribution in [3.63, 3.8) is 0 Å². The summed E-state index contributed by atoms with van der Waals surface area (Å²) in [6.45, 7) is 10.9. The third-order valence-corrected chi connectivity index (χ3v) is 5.99. The van der Waals surface area contributed by atoms with E-state index in [4.69, 9.17) is 0 Å². The normalized spacial score (nSPS) is 43.6. The van der Waals surface area contributed by atoms with Gasteiger partial charge in [-0.05, 0) is 33.6 Å². The number of nitrogens with zero attached hydrogens (tertiary/aromatic N) is 4. The molecule has 2 aliphatic heterocycles. The highest BCUT2D eigenvalue weighted by molar-refractivity contribution is 5.04. The third-order valence-electron chi connectivity index (χ3n) is 5.99. The minimum atomic E-state index is -0.164. The molecule has 0 bridgehead atoms. The van der Waals surface area contributed by atoms with E-state index in [1.807, 2.05) is 0 Å². The van der Waals surface area contributed by atoms with E-state index in [0.29, 0.717) is 23.9 Å². The number of hydrogen-bond acceptors (Lipinski definition) is 5. The molecule has 21 heavy (non-hydrogen) atoms. The zero-order chi connectivity index (χ0) is 15.1. The summed E-state index contributed by atoms with van der Waals surface area (Å²) < 4.78 is 0. The highest BCUT2D eigenvalue weighted by atomic mass is 16.3. The molecule has 1 aliphatic carbocycles. The van der Waals surface area contributed by atoms with Crippen molar-refractivity contribution in [3.8, 4) is 0 Å². The first-order valence-electron chi connectivity index (χ1n) is 8.58. The van der Waals surface area contributed by atoms with Crippen molar-refractivity contribution >= 4 is 0 Å². The zero-order valence-electron chi connectivity index (χ0n) is 14.1. The Morgan fingerprint density at radius 1 is 0.857 bits per heavy atom. The van der Waals surface area contributed by atoms with Gasteiger partial charge in [-0.3, -0.25) is 19.6 Å². The number of rotatable bonds is 2. The van der Waals surface area contributed by atoms with Crippen LogP contribution in [-0.4, -0.2) is 96.5 Å². The number of aliphatic hydroxyl groups excluding tert-OH is 1. The van der Waals surface area contributed by atoms with Crippen molar-refractivity contribution in [3.05, 3.63) is 0 Å². The molecular formula is C16H32N4O. The molecule has 3 fully saturated rings. The summed E-state index contributed by atoms with van der Waals surface area (Å²) in [6.07, 6.45) is 1.07. The lowest BCUT2D eigenvalue weighted by Crippen LogP contribution is -2.69. The molecular weight excluding hydrogens is 264 g/mol. The Kier molecular flexibility index (Phi) is 4.58.